The maximum atomic E-state index is 11.1. The number of amides is 1. The van der Waals surface area contributed by atoms with E-state index in [-0.39, 0.29) is 5.91 Å². The molecule has 2 aliphatic rings. The number of carbonyl (C=O) groups is 1. The van der Waals surface area contributed by atoms with Crippen molar-refractivity contribution in [3.63, 3.8) is 0 Å². The minimum absolute atomic E-state index is 0.176. The topological polar surface area (TPSA) is 41.1 Å². The number of halogens is 1. The predicted octanol–water partition coefficient (Wildman–Crippen LogP) is 2.17. The number of benzene rings is 1. The van der Waals surface area contributed by atoms with Crippen LogP contribution in [-0.4, -0.2) is 24.5 Å². The van der Waals surface area contributed by atoms with Crippen molar-refractivity contribution in [3.8, 4) is 0 Å². The maximum Gasteiger partial charge on any atom is 0.221 e. The van der Waals surface area contributed by atoms with Crippen LogP contribution in [0.2, 0.25) is 0 Å². The largest absolute Gasteiger partial charge is 0.354 e. The van der Waals surface area contributed by atoms with Crippen LogP contribution in [0.1, 0.15) is 30.7 Å². The Kier molecular flexibility index (Phi) is 3.39. The van der Waals surface area contributed by atoms with Gasteiger partial charge in [-0.1, -0.05) is 28.1 Å². The van der Waals surface area contributed by atoms with Crippen LogP contribution in [-0.2, 0) is 4.79 Å². The SMILES string of the molecule is O=C1CC(NC2CC(c3cccc(Br)c3)C2)CN1. The molecule has 3 nitrogen and oxygen atoms in total. The van der Waals surface area contributed by atoms with Gasteiger partial charge in [-0.2, -0.15) is 0 Å². The lowest BCUT2D eigenvalue weighted by Gasteiger charge is -2.38. The average molecular weight is 309 g/mol. The first-order valence-electron chi connectivity index (χ1n) is 6.49. The summed E-state index contributed by atoms with van der Waals surface area (Å²) in [5.41, 5.74) is 1.42. The molecule has 1 saturated heterocycles. The average Bonchev–Trinajstić information content (AvgIpc) is 2.69. The zero-order valence-corrected chi connectivity index (χ0v) is 11.7. The van der Waals surface area contributed by atoms with E-state index < -0.39 is 0 Å². The first-order chi connectivity index (χ1) is 8.70. The Hall–Kier alpha value is -0.870. The first-order valence-corrected chi connectivity index (χ1v) is 7.28. The molecule has 18 heavy (non-hydrogen) atoms. The Labute approximate surface area is 115 Å². The summed E-state index contributed by atoms with van der Waals surface area (Å²) in [4.78, 5) is 11.1. The molecule has 0 radical (unpaired) electrons. The van der Waals surface area contributed by atoms with Crippen molar-refractivity contribution in [1.82, 2.24) is 10.6 Å². The van der Waals surface area contributed by atoms with Crippen LogP contribution >= 0.6 is 15.9 Å². The predicted molar refractivity (Wildman–Crippen MR) is 74.5 cm³/mol. The number of hydrogen-bond acceptors (Lipinski definition) is 2. The molecule has 0 spiro atoms. The standard InChI is InChI=1S/C14H17BrN2O/c15-11-3-1-2-9(4-11)10-5-12(6-10)17-13-7-14(18)16-8-13/h1-4,10,12-13,17H,5-8H2,(H,16,18). The van der Waals surface area contributed by atoms with E-state index in [0.717, 1.165) is 11.0 Å². The van der Waals surface area contributed by atoms with E-state index in [4.69, 9.17) is 0 Å². The second-order valence-corrected chi connectivity index (χ2v) is 6.21. The Morgan fingerprint density at radius 2 is 2.11 bits per heavy atom. The van der Waals surface area contributed by atoms with Gasteiger partial charge in [0.15, 0.2) is 0 Å². The highest BCUT2D eigenvalue weighted by Crippen LogP contribution is 2.38. The van der Waals surface area contributed by atoms with Crippen LogP contribution in [0, 0.1) is 0 Å². The smallest absolute Gasteiger partial charge is 0.221 e. The van der Waals surface area contributed by atoms with Gasteiger partial charge in [-0.3, -0.25) is 4.79 Å². The molecule has 0 aromatic heterocycles. The van der Waals surface area contributed by atoms with Crippen molar-refractivity contribution in [2.75, 3.05) is 6.54 Å². The Morgan fingerprint density at radius 1 is 1.28 bits per heavy atom. The van der Waals surface area contributed by atoms with Crippen LogP contribution < -0.4 is 10.6 Å². The van der Waals surface area contributed by atoms with Gasteiger partial charge in [-0.15, -0.1) is 0 Å². The highest BCUT2D eigenvalue weighted by Gasteiger charge is 2.33. The molecule has 1 aliphatic heterocycles. The summed E-state index contributed by atoms with van der Waals surface area (Å²) < 4.78 is 1.15. The van der Waals surface area contributed by atoms with Gasteiger partial charge in [-0.05, 0) is 36.5 Å². The highest BCUT2D eigenvalue weighted by molar-refractivity contribution is 9.10. The van der Waals surface area contributed by atoms with E-state index in [1.807, 2.05) is 0 Å². The molecule has 2 fully saturated rings. The third kappa shape index (κ3) is 2.59. The molecule has 1 aliphatic carbocycles. The van der Waals surface area contributed by atoms with E-state index in [1.165, 1.54) is 18.4 Å². The van der Waals surface area contributed by atoms with E-state index in [2.05, 4.69) is 50.8 Å². The van der Waals surface area contributed by atoms with E-state index in [9.17, 15) is 4.79 Å². The monoisotopic (exact) mass is 308 g/mol. The van der Waals surface area contributed by atoms with Crippen molar-refractivity contribution in [3.05, 3.63) is 34.3 Å². The zero-order valence-electron chi connectivity index (χ0n) is 10.2. The summed E-state index contributed by atoms with van der Waals surface area (Å²) >= 11 is 3.52. The van der Waals surface area contributed by atoms with E-state index in [0.29, 0.717) is 24.4 Å². The summed E-state index contributed by atoms with van der Waals surface area (Å²) in [7, 11) is 0. The van der Waals surface area contributed by atoms with Crippen LogP contribution in [0.15, 0.2) is 28.7 Å². The van der Waals surface area contributed by atoms with E-state index >= 15 is 0 Å². The first kappa shape index (κ1) is 12.2. The van der Waals surface area contributed by atoms with Crippen molar-refractivity contribution in [1.29, 1.82) is 0 Å². The maximum absolute atomic E-state index is 11.1. The Bertz CT molecular complexity index is 457. The third-order valence-corrected chi connectivity index (χ3v) is 4.40. The fourth-order valence-corrected chi connectivity index (χ4v) is 3.26. The van der Waals surface area contributed by atoms with Crippen molar-refractivity contribution < 1.29 is 4.79 Å². The molecule has 96 valence electrons. The molecule has 1 saturated carbocycles. The van der Waals surface area contributed by atoms with Crippen LogP contribution in [0.5, 0.6) is 0 Å². The van der Waals surface area contributed by atoms with Crippen LogP contribution in [0.25, 0.3) is 0 Å². The normalized spacial score (nSPS) is 30.9. The Morgan fingerprint density at radius 3 is 2.78 bits per heavy atom. The third-order valence-electron chi connectivity index (χ3n) is 3.91. The van der Waals surface area contributed by atoms with Gasteiger partial charge < -0.3 is 10.6 Å². The van der Waals surface area contributed by atoms with Crippen molar-refractivity contribution in [2.45, 2.75) is 37.3 Å². The minimum atomic E-state index is 0.176. The molecule has 4 heteroatoms. The second-order valence-electron chi connectivity index (χ2n) is 5.29. The molecule has 0 bridgehead atoms. The molecule has 1 aromatic carbocycles. The fraction of sp³-hybridized carbons (Fsp3) is 0.500. The number of nitrogens with one attached hydrogen (secondary N) is 2. The molecule has 1 amide bonds. The zero-order chi connectivity index (χ0) is 12.5. The molecule has 1 unspecified atom stereocenters. The summed E-state index contributed by atoms with van der Waals surface area (Å²) in [5.74, 6) is 0.848. The summed E-state index contributed by atoms with van der Waals surface area (Å²) in [6, 6.07) is 9.49. The molecular weight excluding hydrogens is 292 g/mol. The van der Waals surface area contributed by atoms with Gasteiger partial charge >= 0.3 is 0 Å². The van der Waals surface area contributed by atoms with Crippen LogP contribution in [0.4, 0.5) is 0 Å². The Balaban J connectivity index is 1.50. The van der Waals surface area contributed by atoms with Gasteiger partial charge in [0.2, 0.25) is 5.91 Å². The van der Waals surface area contributed by atoms with Gasteiger partial charge in [-0.25, -0.2) is 0 Å². The summed E-state index contributed by atoms with van der Waals surface area (Å²) in [6.07, 6.45) is 3.00. The number of rotatable bonds is 3. The second kappa shape index (κ2) is 5.02. The lowest BCUT2D eigenvalue weighted by molar-refractivity contribution is -0.119. The summed E-state index contributed by atoms with van der Waals surface area (Å²) in [6.45, 7) is 0.789. The lowest BCUT2D eigenvalue weighted by atomic mass is 9.75. The molecule has 1 aromatic rings. The van der Waals surface area contributed by atoms with E-state index in [1.54, 1.807) is 0 Å². The van der Waals surface area contributed by atoms with Crippen molar-refractivity contribution in [2.24, 2.45) is 0 Å². The molecule has 1 atom stereocenters. The van der Waals surface area contributed by atoms with Gasteiger partial charge in [0, 0.05) is 29.5 Å². The molecule has 1 heterocycles. The molecule has 2 N–H and O–H groups in total. The fourth-order valence-electron chi connectivity index (χ4n) is 2.84. The van der Waals surface area contributed by atoms with Gasteiger partial charge in [0.05, 0.1) is 0 Å². The number of carbonyl (C=O) groups excluding carboxylic acids is 1. The van der Waals surface area contributed by atoms with Crippen molar-refractivity contribution >= 4 is 21.8 Å². The minimum Gasteiger partial charge on any atom is -0.354 e. The lowest BCUT2D eigenvalue weighted by Crippen LogP contribution is -2.46. The quantitative estimate of drug-likeness (QED) is 0.898. The van der Waals surface area contributed by atoms with Gasteiger partial charge in [0.25, 0.3) is 0 Å². The number of hydrogen-bond donors (Lipinski definition) is 2. The summed E-state index contributed by atoms with van der Waals surface area (Å²) in [5, 5.41) is 6.43. The van der Waals surface area contributed by atoms with Crippen LogP contribution in [0.3, 0.4) is 0 Å². The van der Waals surface area contributed by atoms with Gasteiger partial charge in [0.1, 0.15) is 0 Å². The molecular formula is C14H17BrN2O. The molecule has 3 rings (SSSR count). The highest BCUT2D eigenvalue weighted by atomic mass is 79.9.